The van der Waals surface area contributed by atoms with Gasteiger partial charge in [-0.3, -0.25) is 0 Å². The number of nitrogens with zero attached hydrogens (tertiary/aromatic N) is 1. The molecule has 0 amide bonds. The Morgan fingerprint density at radius 3 is 3.00 bits per heavy atom. The number of aliphatic hydroxyl groups excluding tert-OH is 1. The van der Waals surface area contributed by atoms with Crippen molar-refractivity contribution < 1.29 is 9.84 Å². The maximum Gasteiger partial charge on any atom is 0.273 e. The summed E-state index contributed by atoms with van der Waals surface area (Å²) in [6.07, 6.45) is 2.08. The first-order valence-electron chi connectivity index (χ1n) is 3.39. The number of aliphatic hydroxyl groups is 1. The summed E-state index contributed by atoms with van der Waals surface area (Å²) in [5.41, 5.74) is 0. The van der Waals surface area contributed by atoms with E-state index in [9.17, 15) is 0 Å². The van der Waals surface area contributed by atoms with Crippen LogP contribution in [0.2, 0.25) is 0 Å². The molecule has 0 fully saturated rings. The van der Waals surface area contributed by atoms with Crippen LogP contribution in [0.15, 0.2) is 6.20 Å². The normalized spacial score (nSPS) is 13.0. The quantitative estimate of drug-likeness (QED) is 0.743. The number of methoxy groups -OCH3 is 1. The molecule has 0 spiro atoms. The van der Waals surface area contributed by atoms with Gasteiger partial charge in [-0.2, -0.15) is 0 Å². The van der Waals surface area contributed by atoms with E-state index in [0.29, 0.717) is 11.6 Å². The molecule has 11 heavy (non-hydrogen) atoms. The van der Waals surface area contributed by atoms with Gasteiger partial charge >= 0.3 is 0 Å². The summed E-state index contributed by atoms with van der Waals surface area (Å²) in [4.78, 5) is 5.03. The van der Waals surface area contributed by atoms with Crippen molar-refractivity contribution in [1.82, 2.24) is 4.98 Å². The molecule has 0 aliphatic carbocycles. The van der Waals surface area contributed by atoms with Gasteiger partial charge in [-0.1, -0.05) is 11.3 Å². The molecule has 0 aliphatic rings. The molecule has 0 bridgehead atoms. The highest BCUT2D eigenvalue weighted by Gasteiger charge is 2.03. The van der Waals surface area contributed by atoms with Gasteiger partial charge in [0.2, 0.25) is 0 Å². The Bertz CT molecular complexity index is 222. The molecule has 0 saturated heterocycles. The number of rotatable bonds is 3. The summed E-state index contributed by atoms with van der Waals surface area (Å²) in [6, 6.07) is 0. The molecule has 1 N–H and O–H groups in total. The first-order valence-corrected chi connectivity index (χ1v) is 4.20. The van der Waals surface area contributed by atoms with Gasteiger partial charge in [0.1, 0.15) is 0 Å². The van der Waals surface area contributed by atoms with Gasteiger partial charge in [-0.05, 0) is 6.92 Å². The molecular weight excluding hydrogens is 162 g/mol. The van der Waals surface area contributed by atoms with Gasteiger partial charge in [-0.15, -0.1) is 0 Å². The van der Waals surface area contributed by atoms with Crippen LogP contribution in [0.3, 0.4) is 0 Å². The SMILES string of the molecule is COc1ncc(C[C@@H](C)O)s1. The number of aromatic nitrogens is 1. The molecular formula is C7H11NO2S. The van der Waals surface area contributed by atoms with E-state index in [1.54, 1.807) is 20.2 Å². The Labute approximate surface area is 69.7 Å². The monoisotopic (exact) mass is 173 g/mol. The third-order valence-electron chi connectivity index (χ3n) is 1.20. The highest BCUT2D eigenvalue weighted by atomic mass is 32.1. The summed E-state index contributed by atoms with van der Waals surface area (Å²) < 4.78 is 4.90. The highest BCUT2D eigenvalue weighted by Crippen LogP contribution is 2.20. The second-order valence-corrected chi connectivity index (χ2v) is 3.43. The average Bonchev–Trinajstić information content (AvgIpc) is 2.34. The first-order chi connectivity index (χ1) is 5.22. The predicted molar refractivity (Wildman–Crippen MR) is 44.1 cm³/mol. The van der Waals surface area contributed by atoms with Crippen LogP contribution in [0.1, 0.15) is 11.8 Å². The number of hydrogen-bond donors (Lipinski definition) is 1. The molecule has 0 saturated carbocycles. The lowest BCUT2D eigenvalue weighted by molar-refractivity contribution is 0.196. The van der Waals surface area contributed by atoms with E-state index >= 15 is 0 Å². The van der Waals surface area contributed by atoms with E-state index in [1.165, 1.54) is 11.3 Å². The van der Waals surface area contributed by atoms with E-state index in [1.807, 2.05) is 0 Å². The van der Waals surface area contributed by atoms with Crippen LogP contribution in [0.5, 0.6) is 5.19 Å². The van der Waals surface area contributed by atoms with Gasteiger partial charge < -0.3 is 9.84 Å². The van der Waals surface area contributed by atoms with Crippen molar-refractivity contribution in [3.05, 3.63) is 11.1 Å². The van der Waals surface area contributed by atoms with Crippen molar-refractivity contribution in [2.75, 3.05) is 7.11 Å². The van der Waals surface area contributed by atoms with Crippen LogP contribution in [-0.4, -0.2) is 23.3 Å². The van der Waals surface area contributed by atoms with Crippen LogP contribution >= 0.6 is 11.3 Å². The maximum atomic E-state index is 9.03. The zero-order valence-corrected chi connectivity index (χ0v) is 7.39. The van der Waals surface area contributed by atoms with Crippen molar-refractivity contribution in [3.8, 4) is 5.19 Å². The third-order valence-corrected chi connectivity index (χ3v) is 2.18. The topological polar surface area (TPSA) is 42.4 Å². The van der Waals surface area contributed by atoms with Crippen LogP contribution in [0.25, 0.3) is 0 Å². The van der Waals surface area contributed by atoms with Crippen molar-refractivity contribution in [1.29, 1.82) is 0 Å². The largest absolute Gasteiger partial charge is 0.473 e. The lowest BCUT2D eigenvalue weighted by Crippen LogP contribution is -2.01. The molecule has 0 aliphatic heterocycles. The molecule has 0 aromatic carbocycles. The Morgan fingerprint density at radius 2 is 2.55 bits per heavy atom. The average molecular weight is 173 g/mol. The summed E-state index contributed by atoms with van der Waals surface area (Å²) in [5.74, 6) is 0. The Balaban J connectivity index is 2.58. The molecule has 0 radical (unpaired) electrons. The van der Waals surface area contributed by atoms with Gasteiger partial charge in [0, 0.05) is 17.5 Å². The van der Waals surface area contributed by atoms with E-state index < -0.39 is 0 Å². The minimum atomic E-state index is -0.305. The summed E-state index contributed by atoms with van der Waals surface area (Å²) in [7, 11) is 1.59. The Hall–Kier alpha value is -0.610. The predicted octanol–water partition coefficient (Wildman–Crippen LogP) is 1.07. The van der Waals surface area contributed by atoms with Crippen LogP contribution in [0.4, 0.5) is 0 Å². The maximum absolute atomic E-state index is 9.03. The number of thiazole rings is 1. The van der Waals surface area contributed by atoms with Crippen LogP contribution < -0.4 is 4.74 Å². The lowest BCUT2D eigenvalue weighted by atomic mass is 10.3. The summed E-state index contributed by atoms with van der Waals surface area (Å²) in [6.45, 7) is 1.76. The van der Waals surface area contributed by atoms with Gasteiger partial charge in [0.15, 0.2) is 0 Å². The molecule has 3 nitrogen and oxygen atoms in total. The smallest absolute Gasteiger partial charge is 0.273 e. The minimum Gasteiger partial charge on any atom is -0.473 e. The summed E-state index contributed by atoms with van der Waals surface area (Å²) in [5, 5.41) is 9.68. The van der Waals surface area contributed by atoms with Crippen molar-refractivity contribution >= 4 is 11.3 Å². The fourth-order valence-electron chi connectivity index (χ4n) is 0.769. The zero-order chi connectivity index (χ0) is 8.27. The second kappa shape index (κ2) is 3.69. The molecule has 62 valence electrons. The second-order valence-electron chi connectivity index (χ2n) is 2.35. The molecule has 1 aromatic rings. The Morgan fingerprint density at radius 1 is 1.82 bits per heavy atom. The van der Waals surface area contributed by atoms with Crippen molar-refractivity contribution in [2.45, 2.75) is 19.4 Å². The van der Waals surface area contributed by atoms with Gasteiger partial charge in [-0.25, -0.2) is 4.98 Å². The minimum absolute atomic E-state index is 0.305. The molecule has 1 atom stereocenters. The van der Waals surface area contributed by atoms with Crippen molar-refractivity contribution in [3.63, 3.8) is 0 Å². The zero-order valence-electron chi connectivity index (χ0n) is 6.57. The first kappa shape index (κ1) is 8.49. The Kier molecular flexibility index (Phi) is 2.84. The van der Waals surface area contributed by atoms with Crippen LogP contribution in [0, 0.1) is 0 Å². The van der Waals surface area contributed by atoms with E-state index in [0.717, 1.165) is 4.88 Å². The lowest BCUT2D eigenvalue weighted by Gasteiger charge is -1.97. The van der Waals surface area contributed by atoms with Crippen molar-refractivity contribution in [2.24, 2.45) is 0 Å². The van der Waals surface area contributed by atoms with Gasteiger partial charge in [0.25, 0.3) is 5.19 Å². The standard InChI is InChI=1S/C7H11NO2S/c1-5(9)3-6-4-8-7(10-2)11-6/h4-5,9H,3H2,1-2H3/t5-/m1/s1. The molecule has 1 aromatic heterocycles. The molecule has 4 heteroatoms. The highest BCUT2D eigenvalue weighted by molar-refractivity contribution is 7.13. The third kappa shape index (κ3) is 2.48. The molecule has 0 unspecified atom stereocenters. The van der Waals surface area contributed by atoms with Crippen LogP contribution in [-0.2, 0) is 6.42 Å². The van der Waals surface area contributed by atoms with E-state index in [4.69, 9.17) is 9.84 Å². The molecule has 1 heterocycles. The fourth-order valence-corrected chi connectivity index (χ4v) is 1.61. The number of ether oxygens (including phenoxy) is 1. The summed E-state index contributed by atoms with van der Waals surface area (Å²) >= 11 is 1.47. The van der Waals surface area contributed by atoms with E-state index in [2.05, 4.69) is 4.98 Å². The molecule has 1 rings (SSSR count). The fraction of sp³-hybridized carbons (Fsp3) is 0.571. The number of hydrogen-bond acceptors (Lipinski definition) is 4. The van der Waals surface area contributed by atoms with Gasteiger partial charge in [0.05, 0.1) is 13.2 Å². The van der Waals surface area contributed by atoms with E-state index in [-0.39, 0.29) is 6.10 Å².